The van der Waals surface area contributed by atoms with Crippen LogP contribution in [0, 0.1) is 0 Å². The highest BCUT2D eigenvalue weighted by Crippen LogP contribution is 2.37. The van der Waals surface area contributed by atoms with Gasteiger partial charge in [-0.05, 0) is 13.0 Å². The van der Waals surface area contributed by atoms with Gasteiger partial charge in [0.25, 0.3) is 0 Å². The van der Waals surface area contributed by atoms with Crippen molar-refractivity contribution in [3.63, 3.8) is 0 Å². The van der Waals surface area contributed by atoms with Gasteiger partial charge in [0.1, 0.15) is 23.6 Å². The summed E-state index contributed by atoms with van der Waals surface area (Å²) in [5.74, 6) is 0.0492. The number of nitrogens with zero attached hydrogens (tertiary/aromatic N) is 2. The molecular formula is C10H15N3O5. The van der Waals surface area contributed by atoms with Crippen LogP contribution in [-0.2, 0) is 4.74 Å². The highest BCUT2D eigenvalue weighted by molar-refractivity contribution is 5.23. The second-order valence-electron chi connectivity index (χ2n) is 4.42. The number of anilines is 1. The van der Waals surface area contributed by atoms with Crippen molar-refractivity contribution < 1.29 is 20.1 Å². The molecule has 18 heavy (non-hydrogen) atoms. The van der Waals surface area contributed by atoms with Gasteiger partial charge >= 0.3 is 5.69 Å². The van der Waals surface area contributed by atoms with Crippen molar-refractivity contribution in [1.82, 2.24) is 9.55 Å². The first-order chi connectivity index (χ1) is 8.37. The van der Waals surface area contributed by atoms with Gasteiger partial charge in [0, 0.05) is 6.20 Å². The molecular weight excluding hydrogens is 242 g/mol. The fourth-order valence-electron chi connectivity index (χ4n) is 1.99. The van der Waals surface area contributed by atoms with E-state index in [1.165, 1.54) is 19.2 Å². The number of nitrogen functional groups attached to an aromatic ring is 1. The quantitative estimate of drug-likeness (QED) is 0.474. The molecule has 1 aromatic heterocycles. The predicted octanol–water partition coefficient (Wildman–Crippen LogP) is -2.17. The Morgan fingerprint density at radius 1 is 1.67 bits per heavy atom. The summed E-state index contributed by atoms with van der Waals surface area (Å²) in [6.45, 7) is 0.853. The van der Waals surface area contributed by atoms with Crippen LogP contribution in [0.4, 0.5) is 5.82 Å². The number of aromatic nitrogens is 2. The lowest BCUT2D eigenvalue weighted by molar-refractivity contribution is -0.0986. The average molecular weight is 257 g/mol. The highest BCUT2D eigenvalue weighted by Gasteiger charge is 2.53. The average Bonchev–Trinajstić information content (AvgIpc) is 2.52. The van der Waals surface area contributed by atoms with Crippen molar-refractivity contribution in [1.29, 1.82) is 0 Å². The van der Waals surface area contributed by atoms with E-state index in [4.69, 9.17) is 15.6 Å². The normalized spacial score (nSPS) is 35.9. The van der Waals surface area contributed by atoms with Crippen molar-refractivity contribution in [2.75, 3.05) is 12.3 Å². The number of hydrogen-bond acceptors (Lipinski definition) is 7. The molecule has 0 saturated carbocycles. The Balaban J connectivity index is 2.42. The molecule has 1 saturated heterocycles. The molecule has 8 nitrogen and oxygen atoms in total. The molecule has 0 amide bonds. The number of rotatable bonds is 2. The van der Waals surface area contributed by atoms with E-state index >= 15 is 0 Å². The first-order valence-corrected chi connectivity index (χ1v) is 5.39. The third kappa shape index (κ3) is 1.89. The minimum Gasteiger partial charge on any atom is -0.394 e. The summed E-state index contributed by atoms with van der Waals surface area (Å²) < 4.78 is 6.30. The molecule has 3 unspecified atom stereocenters. The molecule has 1 aliphatic heterocycles. The Morgan fingerprint density at radius 3 is 2.83 bits per heavy atom. The second-order valence-corrected chi connectivity index (χ2v) is 4.42. The van der Waals surface area contributed by atoms with Crippen LogP contribution in [0.15, 0.2) is 17.1 Å². The second kappa shape index (κ2) is 4.32. The molecule has 2 rings (SSSR count). The van der Waals surface area contributed by atoms with Gasteiger partial charge in [-0.15, -0.1) is 0 Å². The summed E-state index contributed by atoms with van der Waals surface area (Å²) in [5.41, 5.74) is 2.94. The maximum atomic E-state index is 11.7. The Morgan fingerprint density at radius 2 is 2.33 bits per heavy atom. The fourth-order valence-corrected chi connectivity index (χ4v) is 1.99. The number of nitrogens with two attached hydrogens (primary N) is 1. The SMILES string of the molecule is C[C@@]1(O)C(O)C(CO)OC1n1ccc(N)nc1=O. The molecule has 0 radical (unpaired) electrons. The highest BCUT2D eigenvalue weighted by atomic mass is 16.6. The summed E-state index contributed by atoms with van der Waals surface area (Å²) in [6, 6.07) is 1.37. The lowest BCUT2D eigenvalue weighted by Crippen LogP contribution is -2.46. The van der Waals surface area contributed by atoms with Gasteiger partial charge < -0.3 is 25.8 Å². The van der Waals surface area contributed by atoms with E-state index in [0.29, 0.717) is 0 Å². The number of hydrogen-bond donors (Lipinski definition) is 4. The molecule has 0 spiro atoms. The summed E-state index contributed by atoms with van der Waals surface area (Å²) in [4.78, 5) is 15.2. The number of aliphatic hydroxyl groups is 3. The first kappa shape index (κ1) is 13.0. The van der Waals surface area contributed by atoms with Crippen molar-refractivity contribution >= 4 is 5.82 Å². The van der Waals surface area contributed by atoms with Gasteiger partial charge in [0.2, 0.25) is 0 Å². The lowest BCUT2D eigenvalue weighted by Gasteiger charge is -2.27. The monoisotopic (exact) mass is 257 g/mol. The first-order valence-electron chi connectivity index (χ1n) is 5.39. The van der Waals surface area contributed by atoms with E-state index in [9.17, 15) is 15.0 Å². The molecule has 1 aliphatic rings. The van der Waals surface area contributed by atoms with Gasteiger partial charge in [0.05, 0.1) is 6.61 Å². The zero-order valence-electron chi connectivity index (χ0n) is 9.72. The van der Waals surface area contributed by atoms with Crippen LogP contribution in [-0.4, -0.2) is 49.3 Å². The fraction of sp³-hybridized carbons (Fsp3) is 0.600. The summed E-state index contributed by atoms with van der Waals surface area (Å²) in [6.07, 6.45) is -2.09. The maximum Gasteiger partial charge on any atom is 0.351 e. The summed E-state index contributed by atoms with van der Waals surface area (Å²) in [7, 11) is 0. The molecule has 8 heteroatoms. The molecule has 100 valence electrons. The van der Waals surface area contributed by atoms with E-state index in [2.05, 4.69) is 4.98 Å². The standard InChI is InChI=1S/C10H15N3O5/c1-10(17)7(15)5(4-14)18-8(10)13-3-2-6(11)12-9(13)16/h2-3,5,7-8,14-15,17H,4H2,1H3,(H2,11,12,16)/t5?,7?,8?,10-/m1/s1. The van der Waals surface area contributed by atoms with E-state index in [-0.39, 0.29) is 5.82 Å². The Labute approximate surface area is 102 Å². The molecule has 5 N–H and O–H groups in total. The number of ether oxygens (including phenoxy) is 1. The van der Waals surface area contributed by atoms with Crippen molar-refractivity contribution in [3.05, 3.63) is 22.7 Å². The van der Waals surface area contributed by atoms with E-state index < -0.39 is 36.3 Å². The Hall–Kier alpha value is -1.48. The van der Waals surface area contributed by atoms with Gasteiger partial charge in [-0.1, -0.05) is 0 Å². The van der Waals surface area contributed by atoms with Crippen LogP contribution in [0.25, 0.3) is 0 Å². The third-order valence-electron chi connectivity index (χ3n) is 3.04. The third-order valence-corrected chi connectivity index (χ3v) is 3.04. The zero-order valence-corrected chi connectivity index (χ0v) is 9.72. The topological polar surface area (TPSA) is 131 Å². The molecule has 0 aromatic carbocycles. The van der Waals surface area contributed by atoms with Gasteiger partial charge in [-0.3, -0.25) is 4.57 Å². The lowest BCUT2D eigenvalue weighted by atomic mass is 9.96. The van der Waals surface area contributed by atoms with Crippen molar-refractivity contribution in [3.8, 4) is 0 Å². The summed E-state index contributed by atoms with van der Waals surface area (Å²) in [5, 5.41) is 29.0. The van der Waals surface area contributed by atoms with Crippen molar-refractivity contribution in [2.24, 2.45) is 0 Å². The molecule has 4 atom stereocenters. The van der Waals surface area contributed by atoms with E-state index in [0.717, 1.165) is 4.57 Å². The van der Waals surface area contributed by atoms with Crippen molar-refractivity contribution in [2.45, 2.75) is 31.0 Å². The zero-order chi connectivity index (χ0) is 13.5. The van der Waals surface area contributed by atoms with Crippen LogP contribution >= 0.6 is 0 Å². The van der Waals surface area contributed by atoms with E-state index in [1.54, 1.807) is 0 Å². The van der Waals surface area contributed by atoms with Crippen LogP contribution in [0.1, 0.15) is 13.2 Å². The largest absolute Gasteiger partial charge is 0.394 e. The van der Waals surface area contributed by atoms with Gasteiger partial charge in [0.15, 0.2) is 6.23 Å². The molecule has 1 fully saturated rings. The minimum absolute atomic E-state index is 0.0492. The Bertz CT molecular complexity index is 501. The molecule has 0 aliphatic carbocycles. The van der Waals surface area contributed by atoms with Crippen LogP contribution in [0.5, 0.6) is 0 Å². The molecule has 1 aromatic rings. The predicted molar refractivity (Wildman–Crippen MR) is 60.5 cm³/mol. The Kier molecular flexibility index (Phi) is 3.11. The number of aliphatic hydroxyl groups excluding tert-OH is 2. The summed E-state index contributed by atoms with van der Waals surface area (Å²) >= 11 is 0. The van der Waals surface area contributed by atoms with Crippen LogP contribution < -0.4 is 11.4 Å². The van der Waals surface area contributed by atoms with E-state index in [1.807, 2.05) is 0 Å². The molecule has 2 heterocycles. The maximum absolute atomic E-state index is 11.7. The van der Waals surface area contributed by atoms with Gasteiger partial charge in [-0.25, -0.2) is 4.79 Å². The molecule has 0 bridgehead atoms. The smallest absolute Gasteiger partial charge is 0.351 e. The van der Waals surface area contributed by atoms with Crippen LogP contribution in [0.3, 0.4) is 0 Å². The van der Waals surface area contributed by atoms with Crippen LogP contribution in [0.2, 0.25) is 0 Å². The minimum atomic E-state index is -1.71. The van der Waals surface area contributed by atoms with Gasteiger partial charge in [-0.2, -0.15) is 4.98 Å².